The number of nitrogens with zero attached hydrogens (tertiary/aromatic N) is 1. The van der Waals surface area contributed by atoms with Crippen molar-refractivity contribution in [3.63, 3.8) is 0 Å². The van der Waals surface area contributed by atoms with Crippen molar-refractivity contribution in [3.05, 3.63) is 11.6 Å². The van der Waals surface area contributed by atoms with E-state index in [1.54, 1.807) is 7.05 Å². The molecule has 2 saturated heterocycles. The van der Waals surface area contributed by atoms with Crippen LogP contribution in [-0.4, -0.2) is 36.0 Å². The minimum absolute atomic E-state index is 0.0689. The largest absolute Gasteiger partial charge is 0.369 e. The van der Waals surface area contributed by atoms with Gasteiger partial charge < -0.3 is 4.74 Å². The molecule has 0 saturated carbocycles. The van der Waals surface area contributed by atoms with Crippen molar-refractivity contribution in [1.29, 1.82) is 0 Å². The van der Waals surface area contributed by atoms with E-state index in [0.29, 0.717) is 0 Å². The highest BCUT2D eigenvalue weighted by atomic mass is 16.5. The standard InChI is InChI=1S/C11H13NO3/c1-5-3-4-6-7-8(9(5)15-6)11(14)12(2)10(7)13/h3,6-9H,4H2,1-2H3/t6-,7?,8?,9+/m1/s1. The molecule has 2 fully saturated rings. The Morgan fingerprint density at radius 1 is 1.33 bits per heavy atom. The molecule has 0 aromatic heterocycles. The van der Waals surface area contributed by atoms with Crippen LogP contribution in [0.3, 0.4) is 0 Å². The third-order valence-electron chi connectivity index (χ3n) is 3.79. The van der Waals surface area contributed by atoms with Gasteiger partial charge in [0.1, 0.15) is 0 Å². The maximum atomic E-state index is 11.9. The highest BCUT2D eigenvalue weighted by Gasteiger charge is 2.59. The van der Waals surface area contributed by atoms with Crippen molar-refractivity contribution in [2.24, 2.45) is 11.8 Å². The molecule has 0 aliphatic carbocycles. The number of carbonyl (C=O) groups excluding carboxylic acids is 2. The van der Waals surface area contributed by atoms with E-state index in [0.717, 1.165) is 12.0 Å². The molecule has 15 heavy (non-hydrogen) atoms. The molecule has 4 heteroatoms. The lowest BCUT2D eigenvalue weighted by Gasteiger charge is -2.23. The maximum absolute atomic E-state index is 11.9. The molecular formula is C11H13NO3. The van der Waals surface area contributed by atoms with Crippen LogP contribution in [0, 0.1) is 11.8 Å². The Kier molecular flexibility index (Phi) is 1.63. The van der Waals surface area contributed by atoms with Crippen molar-refractivity contribution >= 4 is 11.8 Å². The quantitative estimate of drug-likeness (QED) is 0.425. The van der Waals surface area contributed by atoms with E-state index in [4.69, 9.17) is 4.74 Å². The first-order valence-electron chi connectivity index (χ1n) is 5.25. The van der Waals surface area contributed by atoms with Crippen molar-refractivity contribution in [2.45, 2.75) is 25.6 Å². The van der Waals surface area contributed by atoms with Gasteiger partial charge in [0.2, 0.25) is 11.8 Å². The normalized spacial score (nSPS) is 43.3. The summed E-state index contributed by atoms with van der Waals surface area (Å²) in [6.45, 7) is 1.97. The molecule has 3 heterocycles. The Balaban J connectivity index is 2.06. The Morgan fingerprint density at radius 2 is 2.00 bits per heavy atom. The summed E-state index contributed by atoms with van der Waals surface area (Å²) in [5.74, 6) is -0.639. The van der Waals surface area contributed by atoms with Crippen molar-refractivity contribution in [1.82, 2.24) is 4.90 Å². The predicted molar refractivity (Wildman–Crippen MR) is 51.8 cm³/mol. The van der Waals surface area contributed by atoms with Crippen molar-refractivity contribution in [2.75, 3.05) is 7.05 Å². The number of fused-ring (bicyclic) bond motifs is 5. The molecule has 3 aliphatic heterocycles. The van der Waals surface area contributed by atoms with E-state index in [1.807, 2.05) is 6.92 Å². The monoisotopic (exact) mass is 207 g/mol. The second-order valence-corrected chi connectivity index (χ2v) is 4.57. The number of imide groups is 1. The molecule has 4 nitrogen and oxygen atoms in total. The molecule has 0 radical (unpaired) electrons. The summed E-state index contributed by atoms with van der Waals surface area (Å²) in [5.41, 5.74) is 1.09. The van der Waals surface area contributed by atoms with E-state index in [1.165, 1.54) is 4.90 Å². The highest BCUT2D eigenvalue weighted by molar-refractivity contribution is 6.06. The topological polar surface area (TPSA) is 46.6 Å². The van der Waals surface area contributed by atoms with Crippen molar-refractivity contribution < 1.29 is 14.3 Å². The summed E-state index contributed by atoms with van der Waals surface area (Å²) >= 11 is 0. The van der Waals surface area contributed by atoms with Gasteiger partial charge in [0.05, 0.1) is 24.0 Å². The first kappa shape index (κ1) is 9.09. The minimum atomic E-state index is -0.258. The Hall–Kier alpha value is -1.16. The highest BCUT2D eigenvalue weighted by Crippen LogP contribution is 2.46. The van der Waals surface area contributed by atoms with E-state index in [2.05, 4.69) is 6.08 Å². The maximum Gasteiger partial charge on any atom is 0.235 e. The summed E-state index contributed by atoms with van der Waals surface area (Å²) in [4.78, 5) is 25.0. The first-order chi connectivity index (χ1) is 7.11. The van der Waals surface area contributed by atoms with Crippen LogP contribution < -0.4 is 0 Å². The molecule has 80 valence electrons. The Morgan fingerprint density at radius 3 is 2.73 bits per heavy atom. The van der Waals surface area contributed by atoms with Gasteiger partial charge in [-0.05, 0) is 18.9 Å². The smallest absolute Gasteiger partial charge is 0.235 e. The molecule has 0 N–H and O–H groups in total. The second-order valence-electron chi connectivity index (χ2n) is 4.57. The minimum Gasteiger partial charge on any atom is -0.369 e. The van der Waals surface area contributed by atoms with Crippen LogP contribution in [0.15, 0.2) is 11.6 Å². The van der Waals surface area contributed by atoms with Crippen LogP contribution in [0.4, 0.5) is 0 Å². The fourth-order valence-electron chi connectivity index (χ4n) is 2.94. The lowest BCUT2D eigenvalue weighted by Crippen LogP contribution is -2.34. The van der Waals surface area contributed by atoms with Crippen LogP contribution in [0.5, 0.6) is 0 Å². The second kappa shape index (κ2) is 2.70. The summed E-state index contributed by atoms with van der Waals surface area (Å²) in [6.07, 6.45) is 2.62. The number of rotatable bonds is 0. The van der Waals surface area contributed by atoms with E-state index in [9.17, 15) is 9.59 Å². The summed E-state index contributed by atoms with van der Waals surface area (Å²) in [7, 11) is 1.57. The fraction of sp³-hybridized carbons (Fsp3) is 0.636. The lowest BCUT2D eigenvalue weighted by molar-refractivity contribution is -0.141. The average molecular weight is 207 g/mol. The van der Waals surface area contributed by atoms with Crippen LogP contribution >= 0.6 is 0 Å². The third-order valence-corrected chi connectivity index (χ3v) is 3.79. The fourth-order valence-corrected chi connectivity index (χ4v) is 2.94. The Labute approximate surface area is 87.9 Å². The number of ether oxygens (including phenoxy) is 1. The van der Waals surface area contributed by atoms with E-state index >= 15 is 0 Å². The number of likely N-dealkylation sites (tertiary alicyclic amines) is 1. The molecule has 3 rings (SSSR count). The van der Waals surface area contributed by atoms with Crippen LogP contribution in [0.1, 0.15) is 13.3 Å². The summed E-state index contributed by atoms with van der Waals surface area (Å²) in [6, 6.07) is 0. The summed E-state index contributed by atoms with van der Waals surface area (Å²) < 4.78 is 5.73. The third kappa shape index (κ3) is 0.951. The molecule has 0 aromatic carbocycles. The molecule has 0 aromatic rings. The Bertz CT molecular complexity index is 387. The number of amides is 2. The zero-order valence-corrected chi connectivity index (χ0v) is 8.77. The first-order valence-corrected chi connectivity index (χ1v) is 5.25. The lowest BCUT2D eigenvalue weighted by atomic mass is 9.89. The molecule has 0 spiro atoms. The van der Waals surface area contributed by atoms with Crippen molar-refractivity contribution in [3.8, 4) is 0 Å². The van der Waals surface area contributed by atoms with Gasteiger partial charge in [-0.1, -0.05) is 6.08 Å². The number of hydrogen-bond donors (Lipinski definition) is 0. The SMILES string of the molecule is CC1=CC[C@H]2O[C@@H]1C1C(=O)N(C)C(=O)C12. The van der Waals surface area contributed by atoms with Gasteiger partial charge in [0, 0.05) is 7.05 Å². The average Bonchev–Trinajstić information content (AvgIpc) is 2.65. The predicted octanol–water partition coefficient (Wildman–Crippen LogP) is 0.335. The molecule has 4 atom stereocenters. The van der Waals surface area contributed by atoms with Crippen LogP contribution in [0.25, 0.3) is 0 Å². The molecular weight excluding hydrogens is 194 g/mol. The van der Waals surface area contributed by atoms with Gasteiger partial charge in [-0.15, -0.1) is 0 Å². The van der Waals surface area contributed by atoms with Gasteiger partial charge in [-0.3, -0.25) is 14.5 Å². The molecule has 2 unspecified atom stereocenters. The van der Waals surface area contributed by atoms with Gasteiger partial charge in [0.25, 0.3) is 0 Å². The van der Waals surface area contributed by atoms with Crippen LogP contribution in [0.2, 0.25) is 0 Å². The zero-order valence-electron chi connectivity index (χ0n) is 8.77. The van der Waals surface area contributed by atoms with Crippen LogP contribution in [-0.2, 0) is 14.3 Å². The summed E-state index contributed by atoms with van der Waals surface area (Å²) in [5, 5.41) is 0. The van der Waals surface area contributed by atoms with Gasteiger partial charge >= 0.3 is 0 Å². The molecule has 2 amide bonds. The number of hydrogen-bond acceptors (Lipinski definition) is 3. The molecule has 3 aliphatic rings. The molecule has 2 bridgehead atoms. The van der Waals surface area contributed by atoms with E-state index < -0.39 is 0 Å². The van der Waals surface area contributed by atoms with E-state index in [-0.39, 0.29) is 35.9 Å². The van der Waals surface area contributed by atoms with Gasteiger partial charge in [-0.25, -0.2) is 0 Å². The number of carbonyl (C=O) groups is 2. The zero-order chi connectivity index (χ0) is 10.7. The van der Waals surface area contributed by atoms with Gasteiger partial charge in [-0.2, -0.15) is 0 Å². The van der Waals surface area contributed by atoms with Gasteiger partial charge in [0.15, 0.2) is 0 Å².